The summed E-state index contributed by atoms with van der Waals surface area (Å²) in [6.45, 7) is 11.5. The third-order valence-corrected chi connectivity index (χ3v) is 15.0. The van der Waals surface area contributed by atoms with Crippen LogP contribution in [0, 0.1) is 18.2 Å². The van der Waals surface area contributed by atoms with Crippen LogP contribution in [0.25, 0.3) is 31.0 Å². The summed E-state index contributed by atoms with van der Waals surface area (Å²) < 4.78 is 33.2. The van der Waals surface area contributed by atoms with Gasteiger partial charge in [-0.3, -0.25) is 19.3 Å². The molecule has 0 bridgehead atoms. The van der Waals surface area contributed by atoms with Gasteiger partial charge < -0.3 is 40.0 Å². The van der Waals surface area contributed by atoms with E-state index >= 15 is 0 Å². The fourth-order valence-electron chi connectivity index (χ4n) is 8.85. The molecule has 0 saturated carbocycles. The number of hydrogen-bond donors (Lipinski definition) is 4. The second kappa shape index (κ2) is 22.3. The molecule has 2 saturated heterocycles. The van der Waals surface area contributed by atoms with Crippen LogP contribution in [0.4, 0.5) is 4.39 Å². The second-order valence-electron chi connectivity index (χ2n) is 19.0. The molecule has 2 aromatic heterocycles. The molecule has 69 heavy (non-hydrogen) atoms. The lowest BCUT2D eigenvalue weighted by Crippen LogP contribution is -2.57. The van der Waals surface area contributed by atoms with Crippen LogP contribution in [-0.4, -0.2) is 101 Å². The van der Waals surface area contributed by atoms with Gasteiger partial charge in [0.05, 0.1) is 17.1 Å². The Balaban J connectivity index is 0.734. The lowest BCUT2D eigenvalue weighted by atomic mass is 9.85. The molecule has 12 nitrogen and oxygen atoms in total. The van der Waals surface area contributed by atoms with Crippen molar-refractivity contribution in [2.75, 3.05) is 39.4 Å². The average Bonchev–Trinajstić information content (AvgIpc) is 4.05. The standard InChI is InChI=1S/C54H61FN4O8S2/c1-34-23-29-68-49(34)36-9-7-35(8-10-36)32-56-52(63)45-30-40(61)33-59(45)53(64)51(54(2,3)4)57-47(62)6-5-27-65-42-21-24-58(25-22-42)26-28-66-41-16-18-43(19-17-41)67-48-44-20-15-39(60)31-46(44)69-50(48)37-11-13-38(55)14-12-37/h7-20,23,29,31,40,42,45,51,60-61H,5-6,21-22,24-28,30,32-33H2,1-4H3,(H,56,63)(H,57,62)/t40-,45+,51-/m1/s1. The molecule has 2 aliphatic rings. The fraction of sp³-hybridized carbons (Fsp3) is 0.389. The first-order valence-electron chi connectivity index (χ1n) is 23.6. The van der Waals surface area contributed by atoms with E-state index in [4.69, 9.17) is 14.2 Å². The van der Waals surface area contributed by atoms with E-state index in [1.54, 1.807) is 35.6 Å². The molecule has 2 aliphatic heterocycles. The smallest absolute Gasteiger partial charge is 0.246 e. The zero-order valence-electron chi connectivity index (χ0n) is 39.5. The fourth-order valence-corrected chi connectivity index (χ4v) is 11.0. The number of nitrogens with zero attached hydrogens (tertiary/aromatic N) is 2. The summed E-state index contributed by atoms with van der Waals surface area (Å²) in [4.78, 5) is 46.6. The number of amides is 3. The van der Waals surface area contributed by atoms with Crippen LogP contribution in [0.15, 0.2) is 102 Å². The Morgan fingerprint density at radius 3 is 2.28 bits per heavy atom. The molecule has 15 heteroatoms. The number of carbonyl (C=O) groups excluding carboxylic acids is 3. The first kappa shape index (κ1) is 49.6. The summed E-state index contributed by atoms with van der Waals surface area (Å²) in [6, 6.07) is 27.3. The van der Waals surface area contributed by atoms with E-state index in [9.17, 15) is 29.0 Å². The number of thiophene rings is 2. The van der Waals surface area contributed by atoms with E-state index in [1.165, 1.54) is 38.8 Å². The van der Waals surface area contributed by atoms with Gasteiger partial charge in [-0.25, -0.2) is 4.39 Å². The van der Waals surface area contributed by atoms with Crippen molar-refractivity contribution in [2.24, 2.45) is 5.41 Å². The largest absolute Gasteiger partial charge is 0.508 e. The topological polar surface area (TPSA) is 150 Å². The van der Waals surface area contributed by atoms with Crippen LogP contribution in [0.3, 0.4) is 0 Å². The van der Waals surface area contributed by atoms with E-state index in [2.05, 4.69) is 33.9 Å². The number of nitrogens with one attached hydrogen (secondary N) is 2. The molecule has 4 aromatic carbocycles. The zero-order valence-corrected chi connectivity index (χ0v) is 41.2. The number of aromatic hydroxyl groups is 1. The highest BCUT2D eigenvalue weighted by molar-refractivity contribution is 7.22. The predicted molar refractivity (Wildman–Crippen MR) is 269 cm³/mol. The molecule has 3 amide bonds. The summed E-state index contributed by atoms with van der Waals surface area (Å²) in [7, 11) is 0. The number of aliphatic hydroxyl groups is 1. The van der Waals surface area contributed by atoms with Crippen molar-refractivity contribution >= 4 is 50.5 Å². The van der Waals surface area contributed by atoms with Gasteiger partial charge >= 0.3 is 0 Å². The number of benzene rings is 4. The molecule has 0 radical (unpaired) electrons. The van der Waals surface area contributed by atoms with Crippen LogP contribution >= 0.6 is 22.7 Å². The molecular weight excluding hydrogens is 916 g/mol. The highest BCUT2D eigenvalue weighted by Crippen LogP contribution is 2.47. The quantitative estimate of drug-likeness (QED) is 0.0618. The SMILES string of the molecule is Cc1ccsc1-c1ccc(CNC(=O)[C@@H]2C[C@@H](O)CN2C(=O)[C@@H](NC(=O)CCCOC2CCN(CCOc3ccc(Oc4c(-c5ccc(F)cc5)sc5cc(O)ccc45)cc3)CC2)C(C)(C)C)cc1. The predicted octanol–water partition coefficient (Wildman–Crippen LogP) is 9.69. The third kappa shape index (κ3) is 12.7. The van der Waals surface area contributed by atoms with Gasteiger partial charge in [0.15, 0.2) is 5.75 Å². The van der Waals surface area contributed by atoms with Gasteiger partial charge in [-0.1, -0.05) is 57.2 Å². The van der Waals surface area contributed by atoms with Gasteiger partial charge in [-0.15, -0.1) is 22.7 Å². The van der Waals surface area contributed by atoms with Crippen molar-refractivity contribution in [1.82, 2.24) is 20.4 Å². The number of β-amino-alcohol motifs (C(OH)–C–C–N with tert-alkyl or cyclic N) is 1. The summed E-state index contributed by atoms with van der Waals surface area (Å²) in [5.74, 6) is 0.852. The summed E-state index contributed by atoms with van der Waals surface area (Å²) >= 11 is 3.16. The van der Waals surface area contributed by atoms with Crippen molar-refractivity contribution < 1.29 is 43.2 Å². The van der Waals surface area contributed by atoms with Crippen LogP contribution in [0.1, 0.15) is 64.0 Å². The number of hydrogen-bond acceptors (Lipinski definition) is 11. The first-order chi connectivity index (χ1) is 33.2. The first-order valence-corrected chi connectivity index (χ1v) is 25.3. The molecule has 2 fully saturated rings. The van der Waals surface area contributed by atoms with Crippen molar-refractivity contribution in [1.29, 1.82) is 0 Å². The Bertz CT molecular complexity index is 2690. The molecule has 0 unspecified atom stereocenters. The maximum atomic E-state index is 14.1. The summed E-state index contributed by atoms with van der Waals surface area (Å²) in [5.41, 5.74) is 3.44. The number of carbonyl (C=O) groups is 3. The molecule has 6 aromatic rings. The third-order valence-electron chi connectivity index (χ3n) is 12.7. The van der Waals surface area contributed by atoms with E-state index < -0.39 is 23.6 Å². The average molecular weight is 977 g/mol. The summed E-state index contributed by atoms with van der Waals surface area (Å²) in [5, 5.41) is 29.5. The Kier molecular flexibility index (Phi) is 16.0. The molecule has 0 aliphatic carbocycles. The molecule has 4 N–H and O–H groups in total. The summed E-state index contributed by atoms with van der Waals surface area (Å²) in [6.07, 6.45) is 1.80. The highest BCUT2D eigenvalue weighted by Gasteiger charge is 2.44. The Morgan fingerprint density at radius 2 is 1.58 bits per heavy atom. The van der Waals surface area contributed by atoms with Gasteiger partial charge in [-0.05, 0) is 120 Å². The molecular formula is C54H61FN4O8S2. The van der Waals surface area contributed by atoms with E-state index in [1.807, 2.05) is 75.4 Å². The number of aliphatic hydroxyl groups excluding tert-OH is 1. The van der Waals surface area contributed by atoms with E-state index in [0.717, 1.165) is 69.9 Å². The minimum Gasteiger partial charge on any atom is -0.508 e. The number of aryl methyl sites for hydroxylation is 1. The minimum absolute atomic E-state index is 0.0182. The molecule has 0 spiro atoms. The molecule has 3 atom stereocenters. The van der Waals surface area contributed by atoms with Crippen molar-refractivity contribution in [3.63, 3.8) is 0 Å². The van der Waals surface area contributed by atoms with E-state index in [0.29, 0.717) is 31.1 Å². The number of phenols is 1. The van der Waals surface area contributed by atoms with Crippen molar-refractivity contribution in [2.45, 2.75) is 90.6 Å². The zero-order chi connectivity index (χ0) is 48.7. The van der Waals surface area contributed by atoms with Gasteiger partial charge in [0.1, 0.15) is 41.8 Å². The van der Waals surface area contributed by atoms with Crippen molar-refractivity contribution in [3.05, 3.63) is 119 Å². The number of phenolic OH excluding ortho intramolecular Hbond substituents is 1. The lowest BCUT2D eigenvalue weighted by molar-refractivity contribution is -0.144. The number of rotatable bonds is 18. The number of ether oxygens (including phenoxy) is 3. The number of fused-ring (bicyclic) bond motifs is 1. The highest BCUT2D eigenvalue weighted by atomic mass is 32.1. The maximum Gasteiger partial charge on any atom is 0.246 e. The Morgan fingerprint density at radius 1 is 0.884 bits per heavy atom. The number of piperidine rings is 1. The number of halogens is 1. The normalized spacial score (nSPS) is 17.2. The van der Waals surface area contributed by atoms with Crippen LogP contribution in [0.5, 0.6) is 23.0 Å². The molecule has 4 heterocycles. The monoisotopic (exact) mass is 976 g/mol. The van der Waals surface area contributed by atoms with Gasteiger partial charge in [0.25, 0.3) is 0 Å². The van der Waals surface area contributed by atoms with Gasteiger partial charge in [0, 0.05) is 67.1 Å². The van der Waals surface area contributed by atoms with Crippen LogP contribution in [-0.2, 0) is 25.7 Å². The maximum absolute atomic E-state index is 14.1. The number of likely N-dealkylation sites (tertiary alicyclic amines) is 2. The van der Waals surface area contributed by atoms with Crippen molar-refractivity contribution in [3.8, 4) is 43.9 Å². The van der Waals surface area contributed by atoms with E-state index in [-0.39, 0.29) is 61.3 Å². The second-order valence-corrected chi connectivity index (χ2v) is 21.0. The van der Waals surface area contributed by atoms with Crippen LogP contribution in [0.2, 0.25) is 0 Å². The molecule has 8 rings (SSSR count). The van der Waals surface area contributed by atoms with Gasteiger partial charge in [-0.2, -0.15) is 0 Å². The van der Waals surface area contributed by atoms with Crippen LogP contribution < -0.4 is 20.1 Å². The van der Waals surface area contributed by atoms with Gasteiger partial charge in [0.2, 0.25) is 17.7 Å². The Labute approximate surface area is 411 Å². The Hall–Kier alpha value is -5.84. The molecule has 364 valence electrons. The lowest BCUT2D eigenvalue weighted by Gasteiger charge is -2.35. The minimum atomic E-state index is -0.889.